The third-order valence-electron chi connectivity index (χ3n) is 3.09. The quantitative estimate of drug-likeness (QED) is 0.799. The first-order valence-corrected chi connectivity index (χ1v) is 6.32. The van der Waals surface area contributed by atoms with Gasteiger partial charge in [0.05, 0.1) is 15.6 Å². The van der Waals surface area contributed by atoms with Crippen LogP contribution in [0.15, 0.2) is 12.1 Å². The number of benzene rings is 1. The molecule has 1 aromatic carbocycles. The van der Waals surface area contributed by atoms with Crippen LogP contribution in [-0.2, 0) is 0 Å². The third-order valence-corrected chi connectivity index (χ3v) is 3.90. The van der Waals surface area contributed by atoms with E-state index in [1.54, 1.807) is 12.1 Å². The van der Waals surface area contributed by atoms with E-state index < -0.39 is 0 Å². The van der Waals surface area contributed by atoms with Crippen LogP contribution in [0.3, 0.4) is 0 Å². The summed E-state index contributed by atoms with van der Waals surface area (Å²) in [7, 11) is 0. The van der Waals surface area contributed by atoms with E-state index in [0.29, 0.717) is 16.3 Å². The lowest BCUT2D eigenvalue weighted by Crippen LogP contribution is -2.33. The van der Waals surface area contributed by atoms with Crippen molar-refractivity contribution >= 4 is 34.8 Å². The van der Waals surface area contributed by atoms with Gasteiger partial charge in [-0.2, -0.15) is 0 Å². The number of carbonyl (C=O) groups is 1. The number of likely N-dealkylation sites (tertiary alicyclic amines) is 1. The summed E-state index contributed by atoms with van der Waals surface area (Å²) in [5.74, 6) is -0.0887. The Morgan fingerprint density at radius 1 is 1.47 bits per heavy atom. The van der Waals surface area contributed by atoms with Crippen molar-refractivity contribution in [2.75, 3.05) is 12.3 Å². The summed E-state index contributed by atoms with van der Waals surface area (Å²) in [5, 5.41) is 0.604. The predicted octanol–water partition coefficient (Wildman–Crippen LogP) is 3.20. The van der Waals surface area contributed by atoms with E-state index in [9.17, 15) is 4.79 Å². The summed E-state index contributed by atoms with van der Waals surface area (Å²) >= 11 is 12.0. The lowest BCUT2D eigenvalue weighted by atomic mass is 10.1. The lowest BCUT2D eigenvalue weighted by Gasteiger charge is -2.22. The third kappa shape index (κ3) is 2.35. The molecular formula is C12H14Cl2N2O. The molecular weight excluding hydrogens is 259 g/mol. The van der Waals surface area contributed by atoms with Crippen LogP contribution < -0.4 is 5.73 Å². The second kappa shape index (κ2) is 4.75. The summed E-state index contributed by atoms with van der Waals surface area (Å²) < 4.78 is 0. The maximum Gasteiger partial charge on any atom is 0.255 e. The molecule has 0 aliphatic carbocycles. The topological polar surface area (TPSA) is 46.3 Å². The highest BCUT2D eigenvalue weighted by Crippen LogP contribution is 2.31. The molecule has 1 aromatic rings. The number of nitrogens with zero attached hydrogens (tertiary/aromatic N) is 1. The fraction of sp³-hybridized carbons (Fsp3) is 0.417. The Morgan fingerprint density at radius 2 is 2.18 bits per heavy atom. The minimum atomic E-state index is -0.0887. The van der Waals surface area contributed by atoms with Crippen molar-refractivity contribution in [1.29, 1.82) is 0 Å². The van der Waals surface area contributed by atoms with E-state index in [1.165, 1.54) is 0 Å². The van der Waals surface area contributed by atoms with Crippen LogP contribution in [0.5, 0.6) is 0 Å². The van der Waals surface area contributed by atoms with E-state index in [-0.39, 0.29) is 17.0 Å². The van der Waals surface area contributed by atoms with Crippen molar-refractivity contribution in [3.8, 4) is 0 Å². The van der Waals surface area contributed by atoms with Crippen LogP contribution >= 0.6 is 23.2 Å². The van der Waals surface area contributed by atoms with Gasteiger partial charge in [-0.1, -0.05) is 23.2 Å². The van der Waals surface area contributed by atoms with Crippen LogP contribution in [0.25, 0.3) is 0 Å². The number of nitrogen functional groups attached to an aromatic ring is 1. The Labute approximate surface area is 110 Å². The van der Waals surface area contributed by atoms with E-state index in [1.807, 2.05) is 11.8 Å². The standard InChI is InChI=1S/C12H14Cl2N2O/c1-7-3-2-4-16(7)12(17)9-5-8(15)6-10(13)11(9)14/h5-7H,2-4,15H2,1H3. The minimum absolute atomic E-state index is 0.0887. The summed E-state index contributed by atoms with van der Waals surface area (Å²) in [4.78, 5) is 14.1. The molecule has 1 aliphatic heterocycles. The Balaban J connectivity index is 2.37. The molecule has 0 saturated carbocycles. The monoisotopic (exact) mass is 272 g/mol. The van der Waals surface area contributed by atoms with E-state index in [0.717, 1.165) is 19.4 Å². The number of hydrogen-bond donors (Lipinski definition) is 1. The van der Waals surface area contributed by atoms with Crippen LogP contribution in [-0.4, -0.2) is 23.4 Å². The first-order valence-electron chi connectivity index (χ1n) is 5.56. The summed E-state index contributed by atoms with van der Waals surface area (Å²) in [6.45, 7) is 2.80. The van der Waals surface area contributed by atoms with Crippen LogP contribution in [0.2, 0.25) is 10.0 Å². The fourth-order valence-electron chi connectivity index (χ4n) is 2.16. The molecule has 17 heavy (non-hydrogen) atoms. The number of rotatable bonds is 1. The number of anilines is 1. The first-order chi connectivity index (χ1) is 8.00. The van der Waals surface area contributed by atoms with E-state index in [2.05, 4.69) is 0 Å². The minimum Gasteiger partial charge on any atom is -0.399 e. The molecule has 3 nitrogen and oxygen atoms in total. The fourth-order valence-corrected chi connectivity index (χ4v) is 2.57. The smallest absolute Gasteiger partial charge is 0.255 e. The molecule has 1 heterocycles. The Morgan fingerprint density at radius 3 is 2.76 bits per heavy atom. The number of carbonyl (C=O) groups excluding carboxylic acids is 1. The van der Waals surface area contributed by atoms with Gasteiger partial charge in [-0.25, -0.2) is 0 Å². The number of halogens is 2. The van der Waals surface area contributed by atoms with Gasteiger partial charge in [0.2, 0.25) is 0 Å². The second-order valence-electron chi connectivity index (χ2n) is 4.35. The van der Waals surface area contributed by atoms with Crippen molar-refractivity contribution < 1.29 is 4.79 Å². The largest absolute Gasteiger partial charge is 0.399 e. The van der Waals surface area contributed by atoms with Crippen molar-refractivity contribution in [3.05, 3.63) is 27.7 Å². The van der Waals surface area contributed by atoms with Gasteiger partial charge in [-0.05, 0) is 31.9 Å². The van der Waals surface area contributed by atoms with Gasteiger partial charge in [0, 0.05) is 18.3 Å². The molecule has 92 valence electrons. The molecule has 0 aromatic heterocycles. The zero-order valence-corrected chi connectivity index (χ0v) is 11.1. The second-order valence-corrected chi connectivity index (χ2v) is 5.14. The Kier molecular flexibility index (Phi) is 3.50. The molecule has 1 unspecified atom stereocenters. The summed E-state index contributed by atoms with van der Waals surface area (Å²) in [6, 6.07) is 3.38. The highest BCUT2D eigenvalue weighted by molar-refractivity contribution is 6.44. The zero-order chi connectivity index (χ0) is 12.6. The highest BCUT2D eigenvalue weighted by atomic mass is 35.5. The van der Waals surface area contributed by atoms with Gasteiger partial charge >= 0.3 is 0 Å². The van der Waals surface area contributed by atoms with Crippen LogP contribution in [0, 0.1) is 0 Å². The van der Waals surface area contributed by atoms with Crippen molar-refractivity contribution in [3.63, 3.8) is 0 Å². The maximum atomic E-state index is 12.3. The van der Waals surface area contributed by atoms with Gasteiger partial charge < -0.3 is 10.6 Å². The molecule has 1 atom stereocenters. The van der Waals surface area contributed by atoms with Crippen molar-refractivity contribution in [2.24, 2.45) is 0 Å². The number of hydrogen-bond acceptors (Lipinski definition) is 2. The number of nitrogens with two attached hydrogens (primary N) is 1. The van der Waals surface area contributed by atoms with E-state index in [4.69, 9.17) is 28.9 Å². The zero-order valence-electron chi connectivity index (χ0n) is 9.54. The molecule has 1 aliphatic rings. The SMILES string of the molecule is CC1CCCN1C(=O)c1cc(N)cc(Cl)c1Cl. The Bertz CT molecular complexity index is 462. The van der Waals surface area contributed by atoms with Gasteiger partial charge in [-0.3, -0.25) is 4.79 Å². The maximum absolute atomic E-state index is 12.3. The number of amides is 1. The molecule has 1 amide bonds. The molecule has 1 fully saturated rings. The molecule has 1 saturated heterocycles. The molecule has 2 rings (SSSR count). The van der Waals surface area contributed by atoms with Gasteiger partial charge in [0.1, 0.15) is 0 Å². The highest BCUT2D eigenvalue weighted by Gasteiger charge is 2.27. The molecule has 5 heteroatoms. The van der Waals surface area contributed by atoms with E-state index >= 15 is 0 Å². The molecule has 0 spiro atoms. The summed E-state index contributed by atoms with van der Waals surface area (Å²) in [6.07, 6.45) is 2.06. The van der Waals surface area contributed by atoms with Gasteiger partial charge in [0.25, 0.3) is 5.91 Å². The van der Waals surface area contributed by atoms with Crippen LogP contribution in [0.4, 0.5) is 5.69 Å². The van der Waals surface area contributed by atoms with Gasteiger partial charge in [-0.15, -0.1) is 0 Å². The lowest BCUT2D eigenvalue weighted by molar-refractivity contribution is 0.0747. The molecule has 0 radical (unpaired) electrons. The summed E-state index contributed by atoms with van der Waals surface area (Å²) in [5.41, 5.74) is 6.53. The van der Waals surface area contributed by atoms with Crippen LogP contribution in [0.1, 0.15) is 30.1 Å². The predicted molar refractivity (Wildman–Crippen MR) is 70.6 cm³/mol. The average molecular weight is 273 g/mol. The average Bonchev–Trinajstić information content (AvgIpc) is 2.69. The normalized spacial score (nSPS) is 19.7. The van der Waals surface area contributed by atoms with Gasteiger partial charge in [0.15, 0.2) is 0 Å². The molecule has 0 bridgehead atoms. The first kappa shape index (κ1) is 12.5. The van der Waals surface area contributed by atoms with Crippen molar-refractivity contribution in [2.45, 2.75) is 25.8 Å². The molecule has 2 N–H and O–H groups in total. The van der Waals surface area contributed by atoms with Crippen molar-refractivity contribution in [1.82, 2.24) is 4.90 Å². The Hall–Kier alpha value is -0.930.